The van der Waals surface area contributed by atoms with Gasteiger partial charge in [-0.2, -0.15) is 0 Å². The van der Waals surface area contributed by atoms with Crippen molar-refractivity contribution in [3.8, 4) is 0 Å². The lowest BCUT2D eigenvalue weighted by Crippen LogP contribution is -2.38. The number of furan rings is 1. The molecule has 0 bridgehead atoms. The normalized spacial score (nSPS) is 23.5. The summed E-state index contributed by atoms with van der Waals surface area (Å²) in [6.45, 7) is 0.337. The number of methoxy groups -OCH3 is 1. The highest BCUT2D eigenvalue weighted by molar-refractivity contribution is 5.79. The van der Waals surface area contributed by atoms with Crippen molar-refractivity contribution in [2.24, 2.45) is 11.8 Å². The first-order valence-corrected chi connectivity index (χ1v) is 7.17. The number of hydrogen-bond acceptors (Lipinski definition) is 4. The number of carboxylic acids is 1. The topological polar surface area (TPSA) is 88.8 Å². The molecule has 0 spiro atoms. The molecule has 1 fully saturated rings. The van der Waals surface area contributed by atoms with Crippen molar-refractivity contribution in [2.45, 2.75) is 31.7 Å². The van der Waals surface area contributed by atoms with Gasteiger partial charge < -0.3 is 19.6 Å². The molecule has 2 N–H and O–H groups in total. The molecule has 1 aliphatic rings. The van der Waals surface area contributed by atoms with Crippen LogP contribution < -0.4 is 5.32 Å². The number of nitrogens with one attached hydrogen (secondary N) is 1. The maximum absolute atomic E-state index is 12.3. The number of aliphatic carboxylic acids is 1. The third-order valence-corrected chi connectivity index (χ3v) is 3.98. The van der Waals surface area contributed by atoms with Gasteiger partial charge in [0.15, 0.2) is 0 Å². The summed E-state index contributed by atoms with van der Waals surface area (Å²) < 4.78 is 10.4. The van der Waals surface area contributed by atoms with Gasteiger partial charge in [-0.1, -0.05) is 0 Å². The van der Waals surface area contributed by atoms with E-state index in [-0.39, 0.29) is 23.8 Å². The molecule has 116 valence electrons. The first-order valence-electron chi connectivity index (χ1n) is 7.17. The van der Waals surface area contributed by atoms with Gasteiger partial charge in [-0.3, -0.25) is 9.59 Å². The number of carbonyl (C=O) groups excluding carboxylic acids is 1. The Hall–Kier alpha value is -1.82. The lowest BCUT2D eigenvalue weighted by molar-refractivity contribution is -0.144. The highest BCUT2D eigenvalue weighted by Crippen LogP contribution is 2.29. The predicted octanol–water partition coefficient (Wildman–Crippen LogP) is 1.97. The molecule has 1 amide bonds. The summed E-state index contributed by atoms with van der Waals surface area (Å²) in [7, 11) is 1.57. The molecule has 1 aromatic heterocycles. The van der Waals surface area contributed by atoms with Crippen LogP contribution in [0.2, 0.25) is 0 Å². The van der Waals surface area contributed by atoms with E-state index < -0.39 is 5.97 Å². The van der Waals surface area contributed by atoms with Gasteiger partial charge in [-0.05, 0) is 37.8 Å². The van der Waals surface area contributed by atoms with Gasteiger partial charge in [0.25, 0.3) is 0 Å². The van der Waals surface area contributed by atoms with E-state index in [0.29, 0.717) is 38.1 Å². The third-order valence-electron chi connectivity index (χ3n) is 3.98. The van der Waals surface area contributed by atoms with E-state index in [1.807, 2.05) is 0 Å². The second kappa shape index (κ2) is 7.26. The minimum atomic E-state index is -0.762. The fraction of sp³-hybridized carbons (Fsp3) is 0.600. The Morgan fingerprint density at radius 3 is 2.57 bits per heavy atom. The number of rotatable bonds is 6. The Bertz CT molecular complexity index is 462. The van der Waals surface area contributed by atoms with Crippen LogP contribution in [0.25, 0.3) is 0 Å². The van der Waals surface area contributed by atoms with Crippen LogP contribution in [-0.4, -0.2) is 30.7 Å². The van der Waals surface area contributed by atoms with Crippen LogP contribution in [-0.2, 0) is 14.3 Å². The van der Waals surface area contributed by atoms with E-state index in [4.69, 9.17) is 14.3 Å². The summed E-state index contributed by atoms with van der Waals surface area (Å²) in [6, 6.07) is 3.25. The van der Waals surface area contributed by atoms with E-state index in [1.54, 1.807) is 25.5 Å². The Labute approximate surface area is 123 Å². The molecule has 0 aromatic carbocycles. The molecule has 0 aliphatic heterocycles. The van der Waals surface area contributed by atoms with Crippen LogP contribution in [0.15, 0.2) is 22.8 Å². The standard InChI is InChI=1S/C15H21NO5/c1-20-9-12(13-3-2-8-21-13)16-14(17)10-4-6-11(7-5-10)15(18)19/h2-3,8,10-12H,4-7,9H2,1H3,(H,16,17)(H,18,19). The molecular weight excluding hydrogens is 274 g/mol. The number of hydrogen-bond donors (Lipinski definition) is 2. The summed E-state index contributed by atoms with van der Waals surface area (Å²) >= 11 is 0. The van der Waals surface area contributed by atoms with E-state index in [2.05, 4.69) is 5.32 Å². The summed E-state index contributed by atoms with van der Waals surface area (Å²) in [5.41, 5.74) is 0. The zero-order valence-electron chi connectivity index (χ0n) is 12.1. The van der Waals surface area contributed by atoms with Gasteiger partial charge in [0.2, 0.25) is 5.91 Å². The van der Waals surface area contributed by atoms with Crippen molar-refractivity contribution < 1.29 is 23.8 Å². The van der Waals surface area contributed by atoms with Crippen LogP contribution in [0, 0.1) is 11.8 Å². The molecule has 0 saturated heterocycles. The van der Waals surface area contributed by atoms with Gasteiger partial charge in [0, 0.05) is 13.0 Å². The largest absolute Gasteiger partial charge is 0.481 e. The van der Waals surface area contributed by atoms with Crippen LogP contribution in [0.1, 0.15) is 37.5 Å². The fourth-order valence-corrected chi connectivity index (χ4v) is 2.74. The summed E-state index contributed by atoms with van der Waals surface area (Å²) in [4.78, 5) is 23.2. The molecule has 1 saturated carbocycles. The molecule has 21 heavy (non-hydrogen) atoms. The fourth-order valence-electron chi connectivity index (χ4n) is 2.74. The van der Waals surface area contributed by atoms with E-state index >= 15 is 0 Å². The van der Waals surface area contributed by atoms with Crippen LogP contribution in [0.4, 0.5) is 0 Å². The van der Waals surface area contributed by atoms with Gasteiger partial charge >= 0.3 is 5.97 Å². The van der Waals surface area contributed by atoms with Crippen molar-refractivity contribution in [2.75, 3.05) is 13.7 Å². The SMILES string of the molecule is COCC(NC(=O)C1CCC(C(=O)O)CC1)c1ccco1. The first kappa shape index (κ1) is 15.6. The van der Waals surface area contributed by atoms with Gasteiger partial charge in [-0.25, -0.2) is 0 Å². The predicted molar refractivity (Wildman–Crippen MR) is 74.6 cm³/mol. The van der Waals surface area contributed by atoms with E-state index in [9.17, 15) is 9.59 Å². The smallest absolute Gasteiger partial charge is 0.306 e. The summed E-state index contributed by atoms with van der Waals surface area (Å²) in [5, 5.41) is 11.9. The molecule has 0 radical (unpaired) electrons. The highest BCUT2D eigenvalue weighted by Gasteiger charge is 2.31. The van der Waals surface area contributed by atoms with Crippen LogP contribution >= 0.6 is 0 Å². The van der Waals surface area contributed by atoms with Crippen molar-refractivity contribution in [1.29, 1.82) is 0 Å². The lowest BCUT2D eigenvalue weighted by Gasteiger charge is -2.26. The second-order valence-corrected chi connectivity index (χ2v) is 5.42. The number of carboxylic acid groups (broad SMARTS) is 1. The van der Waals surface area contributed by atoms with Gasteiger partial charge in [0.05, 0.1) is 18.8 Å². The minimum absolute atomic E-state index is 0.0581. The number of ether oxygens (including phenoxy) is 1. The molecule has 1 atom stereocenters. The molecular formula is C15H21NO5. The molecule has 1 aromatic rings. The Morgan fingerprint density at radius 1 is 1.38 bits per heavy atom. The highest BCUT2D eigenvalue weighted by atomic mass is 16.5. The zero-order valence-corrected chi connectivity index (χ0v) is 12.1. The quantitative estimate of drug-likeness (QED) is 0.837. The van der Waals surface area contributed by atoms with Crippen molar-refractivity contribution in [3.05, 3.63) is 24.2 Å². The van der Waals surface area contributed by atoms with Crippen LogP contribution in [0.5, 0.6) is 0 Å². The third kappa shape index (κ3) is 4.07. The van der Waals surface area contributed by atoms with E-state index in [1.165, 1.54) is 0 Å². The Morgan fingerprint density at radius 2 is 2.05 bits per heavy atom. The van der Waals surface area contributed by atoms with Crippen LogP contribution in [0.3, 0.4) is 0 Å². The molecule has 6 nitrogen and oxygen atoms in total. The molecule has 1 aliphatic carbocycles. The van der Waals surface area contributed by atoms with E-state index in [0.717, 1.165) is 0 Å². The summed E-state index contributed by atoms with van der Waals surface area (Å²) in [5.74, 6) is -0.604. The average molecular weight is 295 g/mol. The number of carbonyl (C=O) groups is 2. The lowest BCUT2D eigenvalue weighted by atomic mass is 9.81. The van der Waals surface area contributed by atoms with Crippen molar-refractivity contribution in [1.82, 2.24) is 5.32 Å². The molecule has 1 heterocycles. The maximum Gasteiger partial charge on any atom is 0.306 e. The van der Waals surface area contributed by atoms with Crippen molar-refractivity contribution >= 4 is 11.9 Å². The molecule has 2 rings (SSSR count). The van der Waals surface area contributed by atoms with Gasteiger partial charge in [0.1, 0.15) is 11.8 Å². The Kier molecular flexibility index (Phi) is 5.38. The first-order chi connectivity index (χ1) is 10.1. The average Bonchev–Trinajstić information content (AvgIpc) is 3.01. The van der Waals surface area contributed by atoms with Crippen molar-refractivity contribution in [3.63, 3.8) is 0 Å². The maximum atomic E-state index is 12.3. The Balaban J connectivity index is 1.89. The molecule has 1 unspecified atom stereocenters. The summed E-state index contributed by atoms with van der Waals surface area (Å²) in [6.07, 6.45) is 3.90. The van der Waals surface area contributed by atoms with Gasteiger partial charge in [-0.15, -0.1) is 0 Å². The second-order valence-electron chi connectivity index (χ2n) is 5.42. The molecule has 6 heteroatoms. The zero-order chi connectivity index (χ0) is 15.2. The minimum Gasteiger partial charge on any atom is -0.481 e. The monoisotopic (exact) mass is 295 g/mol. The number of amides is 1.